The molecule has 0 radical (unpaired) electrons. The first-order chi connectivity index (χ1) is 3.79. The topological polar surface area (TPSA) is 29.9 Å². The van der Waals surface area contributed by atoms with Crippen molar-refractivity contribution in [3.8, 4) is 0 Å². The maximum Gasteiger partial charge on any atom is 0.200 e. The van der Waals surface area contributed by atoms with E-state index in [9.17, 15) is 0 Å². The second-order valence-corrected chi connectivity index (χ2v) is 1.90. The van der Waals surface area contributed by atoms with E-state index in [1.807, 2.05) is 0 Å². The van der Waals surface area contributed by atoms with Gasteiger partial charge in [-0.2, -0.15) is 0 Å². The number of hydrogen-bond donors (Lipinski definition) is 1. The van der Waals surface area contributed by atoms with Crippen LogP contribution in [0.3, 0.4) is 0 Å². The number of nitrogen functional groups attached to an aromatic ring is 1. The van der Waals surface area contributed by atoms with Crippen LogP contribution in [-0.2, 0) is 0 Å². The molecule has 0 spiro atoms. The van der Waals surface area contributed by atoms with Crippen LogP contribution in [0.1, 0.15) is 0 Å². The van der Waals surface area contributed by atoms with Crippen LogP contribution < -0.4 is 34.5 Å². The van der Waals surface area contributed by atoms with Gasteiger partial charge in [0.1, 0.15) is 0 Å². The molecule has 0 saturated heterocycles. The average Bonchev–Trinajstić information content (AvgIpc) is 1.77. The smallest absolute Gasteiger partial charge is 0.200 e. The van der Waals surface area contributed by atoms with Gasteiger partial charge in [-0.15, -0.1) is 0 Å². The molecule has 0 aliphatic heterocycles. The number of pyridine rings is 1. The van der Waals surface area contributed by atoms with E-state index < -0.39 is 0 Å². The van der Waals surface area contributed by atoms with Gasteiger partial charge in [0.25, 0.3) is 0 Å². The number of nitrogens with two attached hydrogens (primary N) is 1. The zero-order valence-electron chi connectivity index (χ0n) is 4.59. The third kappa shape index (κ3) is 2.86. The van der Waals surface area contributed by atoms with Crippen molar-refractivity contribution in [1.82, 2.24) is 0 Å². The molecule has 2 nitrogen and oxygen atoms in total. The van der Waals surface area contributed by atoms with E-state index in [0.29, 0.717) is 5.02 Å². The fourth-order valence-corrected chi connectivity index (χ4v) is 0.532. The van der Waals surface area contributed by atoms with Gasteiger partial charge in [0.2, 0.25) is 12.4 Å². The van der Waals surface area contributed by atoms with Crippen LogP contribution in [0.25, 0.3) is 0 Å². The predicted molar refractivity (Wildman–Crippen MR) is 31.8 cm³/mol. The van der Waals surface area contributed by atoms with Crippen molar-refractivity contribution in [2.24, 2.45) is 0 Å². The quantitative estimate of drug-likeness (QED) is 0.307. The standard InChI is InChI=1S/C5H6ClN2.HI/c6-5-1-3-8(7)4-2-5;/h1-4H,7H2;1H/q+1;/p-1. The highest BCUT2D eigenvalue weighted by Gasteiger charge is 1.88. The molecular formula is C5H6ClIN2. The van der Waals surface area contributed by atoms with Gasteiger partial charge in [-0.25, -0.2) is 5.84 Å². The Morgan fingerprint density at radius 2 is 1.78 bits per heavy atom. The van der Waals surface area contributed by atoms with Crippen molar-refractivity contribution in [3.63, 3.8) is 0 Å². The summed E-state index contributed by atoms with van der Waals surface area (Å²) in [7, 11) is 0. The lowest BCUT2D eigenvalue weighted by Crippen LogP contribution is -3.00. The molecule has 0 saturated carbocycles. The summed E-state index contributed by atoms with van der Waals surface area (Å²) in [4.78, 5) is 0. The molecule has 0 aliphatic rings. The van der Waals surface area contributed by atoms with Gasteiger partial charge < -0.3 is 24.0 Å². The van der Waals surface area contributed by atoms with Gasteiger partial charge in [-0.3, -0.25) is 0 Å². The first kappa shape index (κ1) is 8.97. The minimum Gasteiger partial charge on any atom is -1.00 e. The highest BCUT2D eigenvalue weighted by Crippen LogP contribution is 2.00. The van der Waals surface area contributed by atoms with Crippen LogP contribution in [0.2, 0.25) is 5.02 Å². The summed E-state index contributed by atoms with van der Waals surface area (Å²) < 4.78 is 1.44. The van der Waals surface area contributed by atoms with Crippen LogP contribution >= 0.6 is 11.6 Å². The Labute approximate surface area is 75.6 Å². The summed E-state index contributed by atoms with van der Waals surface area (Å²) in [6.07, 6.45) is 3.37. The molecular weight excluding hydrogens is 250 g/mol. The molecule has 1 aromatic rings. The fourth-order valence-electron chi connectivity index (χ4n) is 0.420. The minimum absolute atomic E-state index is 0. The molecule has 0 fully saturated rings. The van der Waals surface area contributed by atoms with Crippen LogP contribution in [0.15, 0.2) is 24.5 Å². The summed E-state index contributed by atoms with van der Waals surface area (Å²) in [5.74, 6) is 5.28. The van der Waals surface area contributed by atoms with Crippen LogP contribution in [0.4, 0.5) is 0 Å². The van der Waals surface area contributed by atoms with Crippen molar-refractivity contribution in [2.45, 2.75) is 0 Å². The molecule has 4 heteroatoms. The lowest BCUT2D eigenvalue weighted by atomic mass is 10.5. The van der Waals surface area contributed by atoms with Crippen LogP contribution in [-0.4, -0.2) is 0 Å². The zero-order chi connectivity index (χ0) is 5.98. The Kier molecular flexibility index (Phi) is 3.88. The highest BCUT2D eigenvalue weighted by atomic mass is 127. The minimum atomic E-state index is 0. The summed E-state index contributed by atoms with van der Waals surface area (Å²) >= 11 is 5.54. The van der Waals surface area contributed by atoms with Crippen LogP contribution in [0, 0.1) is 0 Å². The molecule has 0 atom stereocenters. The fraction of sp³-hybridized carbons (Fsp3) is 0. The lowest BCUT2D eigenvalue weighted by molar-refractivity contribution is -0.638. The zero-order valence-corrected chi connectivity index (χ0v) is 7.50. The number of rotatable bonds is 0. The molecule has 1 aromatic heterocycles. The van der Waals surface area contributed by atoms with Gasteiger partial charge in [0, 0.05) is 12.1 Å². The molecule has 0 amide bonds. The van der Waals surface area contributed by atoms with Gasteiger partial charge in [-0.1, -0.05) is 16.3 Å². The Morgan fingerprint density at radius 3 is 2.11 bits per heavy atom. The molecule has 2 N–H and O–H groups in total. The highest BCUT2D eigenvalue weighted by molar-refractivity contribution is 6.30. The summed E-state index contributed by atoms with van der Waals surface area (Å²) in [6, 6.07) is 3.45. The molecule has 1 rings (SSSR count). The van der Waals surface area contributed by atoms with E-state index in [0.717, 1.165) is 0 Å². The van der Waals surface area contributed by atoms with E-state index in [4.69, 9.17) is 17.4 Å². The lowest BCUT2D eigenvalue weighted by Gasteiger charge is -1.82. The van der Waals surface area contributed by atoms with Crippen molar-refractivity contribution in [1.29, 1.82) is 0 Å². The predicted octanol–water partition coefficient (Wildman–Crippen LogP) is -2.65. The summed E-state index contributed by atoms with van der Waals surface area (Å²) in [6.45, 7) is 0. The van der Waals surface area contributed by atoms with Crippen molar-refractivity contribution in [2.75, 3.05) is 5.84 Å². The van der Waals surface area contributed by atoms with Gasteiger partial charge in [-0.05, 0) is 0 Å². The Hall–Kier alpha value is -0.0300. The SMILES string of the molecule is N[n+]1ccc(Cl)cc1.[I-]. The van der Waals surface area contributed by atoms with E-state index in [2.05, 4.69) is 0 Å². The summed E-state index contributed by atoms with van der Waals surface area (Å²) in [5.41, 5.74) is 0. The Balaban J connectivity index is 0.000000640. The van der Waals surface area contributed by atoms with Crippen molar-refractivity contribution >= 4 is 11.6 Å². The normalized spacial score (nSPS) is 8.11. The second-order valence-electron chi connectivity index (χ2n) is 1.46. The van der Waals surface area contributed by atoms with Crippen LogP contribution in [0.5, 0.6) is 0 Å². The average molecular weight is 256 g/mol. The van der Waals surface area contributed by atoms with E-state index >= 15 is 0 Å². The van der Waals surface area contributed by atoms with E-state index in [-0.39, 0.29) is 24.0 Å². The Bertz CT molecular complexity index is 154. The first-order valence-electron chi connectivity index (χ1n) is 2.21. The maximum atomic E-state index is 5.54. The number of aromatic nitrogens is 1. The molecule has 0 aromatic carbocycles. The number of hydrogen-bond acceptors (Lipinski definition) is 1. The monoisotopic (exact) mass is 256 g/mol. The molecule has 9 heavy (non-hydrogen) atoms. The molecule has 0 unspecified atom stereocenters. The van der Waals surface area contributed by atoms with Crippen molar-refractivity contribution in [3.05, 3.63) is 29.5 Å². The largest absolute Gasteiger partial charge is 1.00 e. The molecule has 1 heterocycles. The first-order valence-corrected chi connectivity index (χ1v) is 2.59. The van der Waals surface area contributed by atoms with Gasteiger partial charge in [0.15, 0.2) is 0 Å². The maximum absolute atomic E-state index is 5.54. The summed E-state index contributed by atoms with van der Waals surface area (Å²) in [5, 5.41) is 0.701. The molecule has 0 bridgehead atoms. The van der Waals surface area contributed by atoms with Gasteiger partial charge in [0.05, 0.1) is 5.02 Å². The second kappa shape index (κ2) is 3.90. The number of nitrogens with zero attached hydrogens (tertiary/aromatic N) is 1. The number of halogens is 2. The van der Waals surface area contributed by atoms with E-state index in [1.165, 1.54) is 4.68 Å². The van der Waals surface area contributed by atoms with Crippen molar-refractivity contribution < 1.29 is 28.7 Å². The van der Waals surface area contributed by atoms with E-state index in [1.54, 1.807) is 24.5 Å². The Morgan fingerprint density at radius 1 is 1.33 bits per heavy atom. The third-order valence-electron chi connectivity index (χ3n) is 0.812. The molecule has 50 valence electrons. The molecule has 0 aliphatic carbocycles. The third-order valence-corrected chi connectivity index (χ3v) is 1.06. The van der Waals surface area contributed by atoms with Gasteiger partial charge >= 0.3 is 0 Å².